The summed E-state index contributed by atoms with van der Waals surface area (Å²) in [5.74, 6) is 1.28. The van der Waals surface area contributed by atoms with E-state index in [1.54, 1.807) is 28.6 Å². The minimum atomic E-state index is -3.33. The second kappa shape index (κ2) is 8.62. The number of piperidine rings is 1. The van der Waals surface area contributed by atoms with E-state index < -0.39 is 10.0 Å². The Kier molecular flexibility index (Phi) is 6.49. The number of nitrogens with zero attached hydrogens (tertiary/aromatic N) is 1. The maximum Gasteiger partial charge on any atom is 0.243 e. The van der Waals surface area contributed by atoms with E-state index >= 15 is 0 Å². The molecule has 2 aliphatic heterocycles. The molecule has 0 spiro atoms. The zero-order chi connectivity index (χ0) is 17.7. The molecule has 0 aliphatic carbocycles. The maximum absolute atomic E-state index is 12.7. The first-order chi connectivity index (χ1) is 12.1. The summed E-state index contributed by atoms with van der Waals surface area (Å²) in [4.78, 5) is 0.409. The smallest absolute Gasteiger partial charge is 0.243 e. The minimum absolute atomic E-state index is 0.409. The van der Waals surface area contributed by atoms with Crippen LogP contribution in [0.2, 0.25) is 0 Å². The summed E-state index contributed by atoms with van der Waals surface area (Å²) < 4.78 is 27.0. The lowest BCUT2D eigenvalue weighted by Crippen LogP contribution is -2.43. The Labute approximate surface area is 152 Å². The van der Waals surface area contributed by atoms with Crippen molar-refractivity contribution in [1.29, 1.82) is 0 Å². The van der Waals surface area contributed by atoms with Crippen molar-refractivity contribution in [2.45, 2.75) is 43.5 Å². The molecular weight excluding hydrogens is 334 g/mol. The lowest BCUT2D eigenvalue weighted by atomic mass is 9.94. The standard InChI is InChI=1S/C19H31N3O2S/c1-16-7-11-20-12-8-19(16)21-15-17-9-13-22(14-10-17)25(23,24)18-5-3-2-4-6-18/h2-6,16-17,19-21H,7-15H2,1H3. The van der Waals surface area contributed by atoms with Crippen molar-refractivity contribution in [3.8, 4) is 0 Å². The summed E-state index contributed by atoms with van der Waals surface area (Å²) >= 11 is 0. The Morgan fingerprint density at radius 3 is 2.48 bits per heavy atom. The van der Waals surface area contributed by atoms with Crippen LogP contribution in [-0.4, -0.2) is 51.5 Å². The average Bonchev–Trinajstić information content (AvgIpc) is 2.85. The fraction of sp³-hybridized carbons (Fsp3) is 0.684. The highest BCUT2D eigenvalue weighted by Crippen LogP contribution is 2.24. The van der Waals surface area contributed by atoms with Crippen LogP contribution in [0.5, 0.6) is 0 Å². The van der Waals surface area contributed by atoms with E-state index in [1.807, 2.05) is 6.07 Å². The largest absolute Gasteiger partial charge is 0.317 e. The normalized spacial score (nSPS) is 27.1. The quantitative estimate of drug-likeness (QED) is 0.839. The van der Waals surface area contributed by atoms with Gasteiger partial charge in [0.2, 0.25) is 10.0 Å². The van der Waals surface area contributed by atoms with Gasteiger partial charge in [-0.3, -0.25) is 0 Å². The Morgan fingerprint density at radius 2 is 1.76 bits per heavy atom. The molecule has 5 nitrogen and oxygen atoms in total. The molecule has 0 radical (unpaired) electrons. The molecule has 3 rings (SSSR count). The fourth-order valence-corrected chi connectivity index (χ4v) is 5.41. The van der Waals surface area contributed by atoms with Crippen LogP contribution in [0.4, 0.5) is 0 Å². The van der Waals surface area contributed by atoms with Crippen molar-refractivity contribution >= 4 is 10.0 Å². The molecule has 2 saturated heterocycles. The second-order valence-corrected chi connectivity index (χ2v) is 9.42. The molecule has 0 saturated carbocycles. The van der Waals surface area contributed by atoms with Gasteiger partial charge in [-0.1, -0.05) is 25.1 Å². The Morgan fingerprint density at radius 1 is 1.08 bits per heavy atom. The Hall–Kier alpha value is -0.950. The van der Waals surface area contributed by atoms with E-state index in [2.05, 4.69) is 17.6 Å². The highest BCUT2D eigenvalue weighted by Gasteiger charge is 2.29. The number of sulfonamides is 1. The summed E-state index contributed by atoms with van der Waals surface area (Å²) in [6.07, 6.45) is 4.30. The van der Waals surface area contributed by atoms with E-state index in [0.29, 0.717) is 35.9 Å². The van der Waals surface area contributed by atoms with Gasteiger partial charge in [0.1, 0.15) is 0 Å². The average molecular weight is 366 g/mol. The molecule has 6 heteroatoms. The molecule has 2 fully saturated rings. The van der Waals surface area contributed by atoms with Crippen molar-refractivity contribution in [2.75, 3.05) is 32.7 Å². The van der Waals surface area contributed by atoms with Gasteiger partial charge < -0.3 is 10.6 Å². The number of hydrogen-bond acceptors (Lipinski definition) is 4. The van der Waals surface area contributed by atoms with Crippen LogP contribution in [0, 0.1) is 11.8 Å². The minimum Gasteiger partial charge on any atom is -0.317 e. The summed E-state index contributed by atoms with van der Waals surface area (Å²) in [6.45, 7) is 6.81. The SMILES string of the molecule is CC1CCNCCC1NCC1CCN(S(=O)(=O)c2ccccc2)CC1. The molecular formula is C19H31N3O2S. The highest BCUT2D eigenvalue weighted by molar-refractivity contribution is 7.89. The summed E-state index contributed by atoms with van der Waals surface area (Å²) in [5, 5.41) is 7.23. The van der Waals surface area contributed by atoms with Gasteiger partial charge in [-0.25, -0.2) is 8.42 Å². The number of nitrogens with one attached hydrogen (secondary N) is 2. The van der Waals surface area contributed by atoms with Crippen molar-refractivity contribution in [3.63, 3.8) is 0 Å². The van der Waals surface area contributed by atoms with Crippen LogP contribution in [0.3, 0.4) is 0 Å². The Balaban J connectivity index is 1.49. The van der Waals surface area contributed by atoms with Crippen LogP contribution in [-0.2, 0) is 10.0 Å². The lowest BCUT2D eigenvalue weighted by molar-refractivity contribution is 0.249. The molecule has 1 aromatic carbocycles. The molecule has 0 bridgehead atoms. The molecule has 0 amide bonds. The predicted molar refractivity (Wildman–Crippen MR) is 101 cm³/mol. The highest BCUT2D eigenvalue weighted by atomic mass is 32.2. The molecule has 0 aromatic heterocycles. The molecule has 2 heterocycles. The van der Waals surface area contributed by atoms with E-state index in [-0.39, 0.29) is 0 Å². The van der Waals surface area contributed by atoms with Crippen LogP contribution in [0.25, 0.3) is 0 Å². The maximum atomic E-state index is 12.7. The first-order valence-electron chi connectivity index (χ1n) is 9.56. The van der Waals surface area contributed by atoms with Gasteiger partial charge in [0, 0.05) is 19.1 Å². The van der Waals surface area contributed by atoms with Crippen LogP contribution >= 0.6 is 0 Å². The van der Waals surface area contributed by atoms with Crippen molar-refractivity contribution in [1.82, 2.24) is 14.9 Å². The van der Waals surface area contributed by atoms with Gasteiger partial charge in [-0.2, -0.15) is 4.31 Å². The first kappa shape index (κ1) is 18.8. The van der Waals surface area contributed by atoms with Gasteiger partial charge in [0.05, 0.1) is 4.90 Å². The van der Waals surface area contributed by atoms with Crippen LogP contribution < -0.4 is 10.6 Å². The van der Waals surface area contributed by atoms with Gasteiger partial charge in [0.15, 0.2) is 0 Å². The third kappa shape index (κ3) is 4.82. The summed E-state index contributed by atoms with van der Waals surface area (Å²) in [6, 6.07) is 9.37. The molecule has 2 atom stereocenters. The molecule has 1 aromatic rings. The zero-order valence-electron chi connectivity index (χ0n) is 15.2. The lowest BCUT2D eigenvalue weighted by Gasteiger charge is -2.33. The third-order valence-electron chi connectivity index (χ3n) is 5.72. The topological polar surface area (TPSA) is 61.4 Å². The van der Waals surface area contributed by atoms with Crippen LogP contribution in [0.1, 0.15) is 32.6 Å². The number of rotatable bonds is 5. The van der Waals surface area contributed by atoms with Crippen molar-refractivity contribution in [2.24, 2.45) is 11.8 Å². The van der Waals surface area contributed by atoms with E-state index in [4.69, 9.17) is 0 Å². The monoisotopic (exact) mass is 365 g/mol. The summed E-state index contributed by atoms with van der Waals surface area (Å²) in [5.41, 5.74) is 0. The predicted octanol–water partition coefficient (Wildman–Crippen LogP) is 2.07. The summed E-state index contributed by atoms with van der Waals surface area (Å²) in [7, 11) is -3.33. The zero-order valence-corrected chi connectivity index (χ0v) is 16.0. The molecule has 2 aliphatic rings. The van der Waals surface area contributed by atoms with E-state index in [9.17, 15) is 8.42 Å². The molecule has 25 heavy (non-hydrogen) atoms. The van der Waals surface area contributed by atoms with Gasteiger partial charge in [-0.05, 0) is 69.3 Å². The molecule has 140 valence electrons. The van der Waals surface area contributed by atoms with Crippen molar-refractivity contribution in [3.05, 3.63) is 30.3 Å². The fourth-order valence-electron chi connectivity index (χ4n) is 3.91. The van der Waals surface area contributed by atoms with E-state index in [0.717, 1.165) is 32.5 Å². The van der Waals surface area contributed by atoms with Crippen molar-refractivity contribution < 1.29 is 8.42 Å². The first-order valence-corrected chi connectivity index (χ1v) is 11.0. The van der Waals surface area contributed by atoms with Crippen LogP contribution in [0.15, 0.2) is 35.2 Å². The van der Waals surface area contributed by atoms with Gasteiger partial charge in [0.25, 0.3) is 0 Å². The third-order valence-corrected chi connectivity index (χ3v) is 7.63. The molecule has 2 N–H and O–H groups in total. The second-order valence-electron chi connectivity index (χ2n) is 7.48. The van der Waals surface area contributed by atoms with Gasteiger partial charge in [-0.15, -0.1) is 0 Å². The van der Waals surface area contributed by atoms with E-state index in [1.165, 1.54) is 12.8 Å². The number of benzene rings is 1. The molecule has 2 unspecified atom stereocenters. The Bertz CT molecular complexity index is 627. The van der Waals surface area contributed by atoms with Gasteiger partial charge >= 0.3 is 0 Å². The number of hydrogen-bond donors (Lipinski definition) is 2.